The molecule has 0 bridgehead atoms. The molecule has 1 saturated carbocycles. The van der Waals surface area contributed by atoms with Crippen molar-refractivity contribution >= 4 is 11.0 Å². The Kier molecular flexibility index (Phi) is 4.77. The Hall–Kier alpha value is -1.73. The Morgan fingerprint density at radius 3 is 2.91 bits per heavy atom. The molecule has 7 heteroatoms. The number of aliphatic hydroxyl groups excluding tert-OH is 2. The second-order valence-electron chi connectivity index (χ2n) is 6.50. The number of aryl methyl sites for hydroxylation is 1. The van der Waals surface area contributed by atoms with Crippen LogP contribution in [0, 0.1) is 5.92 Å². The summed E-state index contributed by atoms with van der Waals surface area (Å²) in [5.41, 5.74) is 1.63. The van der Waals surface area contributed by atoms with E-state index in [1.165, 1.54) is 0 Å². The van der Waals surface area contributed by atoms with E-state index in [-0.39, 0.29) is 24.1 Å². The van der Waals surface area contributed by atoms with Crippen molar-refractivity contribution in [3.8, 4) is 0 Å². The highest BCUT2D eigenvalue weighted by molar-refractivity contribution is 5.73. The Bertz CT molecular complexity index is 724. The molecule has 3 N–H and O–H groups in total. The summed E-state index contributed by atoms with van der Waals surface area (Å²) in [7, 11) is 0. The van der Waals surface area contributed by atoms with Gasteiger partial charge in [-0.25, -0.2) is 4.68 Å². The number of rotatable bonds is 6. The zero-order valence-electron chi connectivity index (χ0n) is 13.4. The summed E-state index contributed by atoms with van der Waals surface area (Å²) >= 11 is 0. The summed E-state index contributed by atoms with van der Waals surface area (Å²) in [5.74, 6) is 0.0697. The first-order valence-corrected chi connectivity index (χ1v) is 8.40. The number of hydrogen-bond donors (Lipinski definition) is 3. The van der Waals surface area contributed by atoms with Gasteiger partial charge in [-0.1, -0.05) is 25.0 Å². The van der Waals surface area contributed by atoms with Gasteiger partial charge in [-0.05, 0) is 37.7 Å². The number of aromatic amines is 1. The molecule has 1 aliphatic carbocycles. The minimum Gasteiger partial charge on any atom is -0.396 e. The Balaban J connectivity index is 1.93. The number of aliphatic hydroxyl groups is 2. The van der Waals surface area contributed by atoms with Crippen LogP contribution in [0.25, 0.3) is 11.0 Å². The predicted molar refractivity (Wildman–Crippen MR) is 86.2 cm³/mol. The third-order valence-electron chi connectivity index (χ3n) is 4.75. The lowest BCUT2D eigenvalue weighted by Crippen LogP contribution is -2.20. The van der Waals surface area contributed by atoms with Crippen LogP contribution in [0.5, 0.6) is 0 Å². The second kappa shape index (κ2) is 6.80. The van der Waals surface area contributed by atoms with Crippen molar-refractivity contribution in [1.82, 2.24) is 20.0 Å². The summed E-state index contributed by atoms with van der Waals surface area (Å²) < 4.78 is 1.66. The smallest absolute Gasteiger partial charge is 0.278 e. The van der Waals surface area contributed by atoms with Crippen LogP contribution in [0.3, 0.4) is 0 Å². The number of hydrogen-bond acceptors (Lipinski definition) is 5. The van der Waals surface area contributed by atoms with Crippen LogP contribution >= 0.6 is 0 Å². The van der Waals surface area contributed by atoms with Gasteiger partial charge in [-0.3, -0.25) is 4.79 Å². The number of H-pyrrole nitrogens is 1. The fraction of sp³-hybridized carbons (Fsp3) is 0.688. The summed E-state index contributed by atoms with van der Waals surface area (Å²) in [6.45, 7) is 2.20. The molecule has 0 aliphatic heterocycles. The molecule has 7 nitrogen and oxygen atoms in total. The van der Waals surface area contributed by atoms with Crippen LogP contribution in [0.4, 0.5) is 0 Å². The van der Waals surface area contributed by atoms with Crippen molar-refractivity contribution in [3.63, 3.8) is 0 Å². The molecule has 1 aliphatic rings. The van der Waals surface area contributed by atoms with Gasteiger partial charge in [0.15, 0.2) is 5.52 Å². The van der Waals surface area contributed by atoms with E-state index in [1.54, 1.807) is 4.68 Å². The molecule has 0 spiro atoms. The zero-order valence-corrected chi connectivity index (χ0v) is 13.4. The molecule has 3 atom stereocenters. The average molecular weight is 320 g/mol. The molecule has 2 heterocycles. The Morgan fingerprint density at radius 2 is 2.22 bits per heavy atom. The van der Waals surface area contributed by atoms with Crippen LogP contribution in [0.2, 0.25) is 0 Å². The molecule has 23 heavy (non-hydrogen) atoms. The van der Waals surface area contributed by atoms with Gasteiger partial charge in [0.05, 0.1) is 17.7 Å². The SMILES string of the molecule is CCCCCc1cc2c(nnn2C2CC(CO)CC2O)c(=O)[nH]1. The van der Waals surface area contributed by atoms with Gasteiger partial charge >= 0.3 is 0 Å². The maximum absolute atomic E-state index is 12.2. The molecular weight excluding hydrogens is 296 g/mol. The quantitative estimate of drug-likeness (QED) is 0.693. The number of unbranched alkanes of at least 4 members (excludes halogenated alkanes) is 2. The van der Waals surface area contributed by atoms with Gasteiger partial charge in [0.2, 0.25) is 0 Å². The first kappa shape index (κ1) is 16.1. The lowest BCUT2D eigenvalue weighted by molar-refractivity contribution is 0.127. The van der Waals surface area contributed by atoms with Crippen molar-refractivity contribution in [2.24, 2.45) is 5.92 Å². The van der Waals surface area contributed by atoms with Crippen LogP contribution in [-0.4, -0.2) is 42.9 Å². The van der Waals surface area contributed by atoms with Crippen molar-refractivity contribution in [2.45, 2.75) is 57.6 Å². The van der Waals surface area contributed by atoms with Crippen molar-refractivity contribution in [2.75, 3.05) is 6.61 Å². The number of pyridine rings is 1. The standard InChI is InChI=1S/C16H24N4O3/c1-2-3-4-5-11-8-13-15(16(23)17-11)18-19-20(13)12-6-10(9-21)7-14(12)22/h8,10,12,14,21-22H,2-7,9H2,1H3,(H,17,23). The normalized spacial score (nSPS) is 24.6. The summed E-state index contributed by atoms with van der Waals surface area (Å²) in [6.07, 6.45) is 4.72. The second-order valence-corrected chi connectivity index (χ2v) is 6.50. The van der Waals surface area contributed by atoms with E-state index < -0.39 is 6.10 Å². The molecule has 0 radical (unpaired) electrons. The van der Waals surface area contributed by atoms with Gasteiger partial charge in [0.1, 0.15) is 0 Å². The maximum Gasteiger partial charge on any atom is 0.278 e. The third-order valence-corrected chi connectivity index (χ3v) is 4.75. The molecule has 0 aromatic carbocycles. The summed E-state index contributed by atoms with van der Waals surface area (Å²) in [4.78, 5) is 15.1. The van der Waals surface area contributed by atoms with Gasteiger partial charge in [0, 0.05) is 12.3 Å². The van der Waals surface area contributed by atoms with E-state index in [9.17, 15) is 15.0 Å². The lowest BCUT2D eigenvalue weighted by Gasteiger charge is -2.15. The topological polar surface area (TPSA) is 104 Å². The van der Waals surface area contributed by atoms with Gasteiger partial charge in [-0.2, -0.15) is 0 Å². The molecule has 0 saturated heterocycles. The van der Waals surface area contributed by atoms with Crippen molar-refractivity contribution in [1.29, 1.82) is 0 Å². The molecule has 0 amide bonds. The van der Waals surface area contributed by atoms with E-state index >= 15 is 0 Å². The van der Waals surface area contributed by atoms with Gasteiger partial charge in [0.25, 0.3) is 5.56 Å². The molecule has 1 fully saturated rings. The van der Waals surface area contributed by atoms with Crippen LogP contribution < -0.4 is 5.56 Å². The first-order valence-electron chi connectivity index (χ1n) is 8.40. The zero-order chi connectivity index (χ0) is 16.4. The van der Waals surface area contributed by atoms with Gasteiger partial charge < -0.3 is 15.2 Å². The lowest BCUT2D eigenvalue weighted by atomic mass is 10.1. The van der Waals surface area contributed by atoms with Crippen LogP contribution in [0.1, 0.15) is 50.8 Å². The average Bonchev–Trinajstić information content (AvgIpc) is 3.11. The van der Waals surface area contributed by atoms with Crippen LogP contribution in [0.15, 0.2) is 10.9 Å². The molecule has 3 rings (SSSR count). The van der Waals surface area contributed by atoms with Crippen molar-refractivity contribution in [3.05, 3.63) is 22.1 Å². The third kappa shape index (κ3) is 3.16. The number of nitrogens with zero attached hydrogens (tertiary/aromatic N) is 3. The summed E-state index contributed by atoms with van der Waals surface area (Å²) in [6, 6.07) is 1.69. The molecular formula is C16H24N4O3. The van der Waals surface area contributed by atoms with E-state index in [2.05, 4.69) is 22.2 Å². The van der Waals surface area contributed by atoms with E-state index in [1.807, 2.05) is 6.07 Å². The molecule has 3 unspecified atom stereocenters. The highest BCUT2D eigenvalue weighted by atomic mass is 16.3. The first-order chi connectivity index (χ1) is 11.1. The minimum atomic E-state index is -0.570. The fourth-order valence-corrected chi connectivity index (χ4v) is 3.45. The Labute approximate surface area is 134 Å². The Morgan fingerprint density at radius 1 is 1.39 bits per heavy atom. The van der Waals surface area contributed by atoms with Crippen LogP contribution in [-0.2, 0) is 6.42 Å². The summed E-state index contributed by atoms with van der Waals surface area (Å²) in [5, 5.41) is 27.6. The number of nitrogens with one attached hydrogen (secondary N) is 1. The predicted octanol–water partition coefficient (Wildman–Crippen LogP) is 1.16. The number of fused-ring (bicyclic) bond motifs is 1. The minimum absolute atomic E-state index is 0.0586. The van der Waals surface area contributed by atoms with E-state index in [4.69, 9.17) is 0 Å². The maximum atomic E-state index is 12.2. The molecule has 126 valence electrons. The highest BCUT2D eigenvalue weighted by Crippen LogP contribution is 2.35. The van der Waals surface area contributed by atoms with Gasteiger partial charge in [-0.15, -0.1) is 5.10 Å². The monoisotopic (exact) mass is 320 g/mol. The van der Waals surface area contributed by atoms with E-state index in [0.717, 1.165) is 31.4 Å². The molecule has 2 aromatic heterocycles. The highest BCUT2D eigenvalue weighted by Gasteiger charge is 2.35. The molecule has 2 aromatic rings. The van der Waals surface area contributed by atoms with Crippen molar-refractivity contribution < 1.29 is 10.2 Å². The van der Waals surface area contributed by atoms with E-state index in [0.29, 0.717) is 23.9 Å². The largest absolute Gasteiger partial charge is 0.396 e. The number of aromatic nitrogens is 4. The fourth-order valence-electron chi connectivity index (χ4n) is 3.45.